The quantitative estimate of drug-likeness (QED) is 0.877. The van der Waals surface area contributed by atoms with Crippen LogP contribution in [0.15, 0.2) is 18.2 Å². The minimum absolute atomic E-state index is 0.0371. The molecule has 5 nitrogen and oxygen atoms in total. The fourth-order valence-corrected chi connectivity index (χ4v) is 2.16. The maximum Gasteiger partial charge on any atom is 0.313 e. The summed E-state index contributed by atoms with van der Waals surface area (Å²) in [7, 11) is 0. The van der Waals surface area contributed by atoms with E-state index in [2.05, 4.69) is 5.32 Å². The van der Waals surface area contributed by atoms with Crippen molar-refractivity contribution < 1.29 is 23.8 Å². The number of aliphatic carboxylic acids is 1. The number of carbonyl (C=O) groups is 2. The Hall–Kier alpha value is -1.95. The highest BCUT2D eigenvalue weighted by Gasteiger charge is 2.47. The molecule has 1 aromatic rings. The normalized spacial score (nSPS) is 25.4. The molecule has 1 aliphatic rings. The Morgan fingerprint density at radius 1 is 1.50 bits per heavy atom. The van der Waals surface area contributed by atoms with E-state index >= 15 is 0 Å². The van der Waals surface area contributed by atoms with Crippen molar-refractivity contribution in [3.05, 3.63) is 35.1 Å². The lowest BCUT2D eigenvalue weighted by atomic mass is 9.85. The number of carbonyl (C=O) groups excluding carboxylic acids is 1. The summed E-state index contributed by atoms with van der Waals surface area (Å²) < 4.78 is 18.4. The molecular weight excluding hydrogens is 265 g/mol. The number of rotatable bonds is 3. The summed E-state index contributed by atoms with van der Waals surface area (Å²) >= 11 is 0. The first-order valence-corrected chi connectivity index (χ1v) is 6.23. The molecule has 2 atom stereocenters. The summed E-state index contributed by atoms with van der Waals surface area (Å²) in [5, 5.41) is 11.9. The number of amides is 1. The SMILES string of the molecule is Cc1ccc(F)cc1C(=O)NC1COCC1(C)C(=O)O. The van der Waals surface area contributed by atoms with Crippen molar-refractivity contribution in [3.63, 3.8) is 0 Å². The van der Waals surface area contributed by atoms with Gasteiger partial charge in [0.05, 0.1) is 19.3 Å². The van der Waals surface area contributed by atoms with Crippen LogP contribution in [0.3, 0.4) is 0 Å². The average molecular weight is 281 g/mol. The molecule has 0 aromatic heterocycles. The number of aryl methyl sites for hydroxylation is 1. The Morgan fingerprint density at radius 3 is 2.85 bits per heavy atom. The van der Waals surface area contributed by atoms with Crippen molar-refractivity contribution in [1.29, 1.82) is 0 Å². The van der Waals surface area contributed by atoms with Crippen LogP contribution < -0.4 is 5.32 Å². The van der Waals surface area contributed by atoms with Gasteiger partial charge < -0.3 is 15.2 Å². The van der Waals surface area contributed by atoms with Gasteiger partial charge in [-0.3, -0.25) is 9.59 Å². The summed E-state index contributed by atoms with van der Waals surface area (Å²) in [6.45, 7) is 3.37. The van der Waals surface area contributed by atoms with Gasteiger partial charge in [0.15, 0.2) is 0 Å². The van der Waals surface area contributed by atoms with Gasteiger partial charge in [0, 0.05) is 5.56 Å². The summed E-state index contributed by atoms with van der Waals surface area (Å²) in [6, 6.07) is 3.27. The van der Waals surface area contributed by atoms with Gasteiger partial charge in [-0.05, 0) is 31.5 Å². The number of hydrogen-bond acceptors (Lipinski definition) is 3. The lowest BCUT2D eigenvalue weighted by Crippen LogP contribution is -2.49. The molecule has 0 aliphatic carbocycles. The summed E-state index contributed by atoms with van der Waals surface area (Å²) in [6.07, 6.45) is 0. The van der Waals surface area contributed by atoms with E-state index < -0.39 is 29.2 Å². The second kappa shape index (κ2) is 5.20. The van der Waals surface area contributed by atoms with Crippen LogP contribution in [-0.4, -0.2) is 36.2 Å². The fourth-order valence-electron chi connectivity index (χ4n) is 2.16. The monoisotopic (exact) mass is 281 g/mol. The molecule has 1 fully saturated rings. The first-order valence-electron chi connectivity index (χ1n) is 6.23. The average Bonchev–Trinajstić information content (AvgIpc) is 2.75. The zero-order chi connectivity index (χ0) is 14.9. The molecule has 2 unspecified atom stereocenters. The van der Waals surface area contributed by atoms with Gasteiger partial charge in [0.2, 0.25) is 0 Å². The van der Waals surface area contributed by atoms with Crippen LogP contribution in [0.5, 0.6) is 0 Å². The number of hydrogen-bond donors (Lipinski definition) is 2. The third-order valence-corrected chi connectivity index (χ3v) is 3.69. The van der Waals surface area contributed by atoms with Crippen LogP contribution >= 0.6 is 0 Å². The van der Waals surface area contributed by atoms with Crippen LogP contribution in [-0.2, 0) is 9.53 Å². The lowest BCUT2D eigenvalue weighted by molar-refractivity contribution is -0.148. The minimum atomic E-state index is -1.17. The van der Waals surface area contributed by atoms with Gasteiger partial charge in [0.25, 0.3) is 5.91 Å². The van der Waals surface area contributed by atoms with Crippen molar-refractivity contribution >= 4 is 11.9 Å². The molecule has 1 saturated heterocycles. The van der Waals surface area contributed by atoms with Crippen molar-refractivity contribution in [2.24, 2.45) is 5.41 Å². The summed E-state index contributed by atoms with van der Waals surface area (Å²) in [4.78, 5) is 23.4. The van der Waals surface area contributed by atoms with E-state index in [4.69, 9.17) is 4.74 Å². The predicted octanol–water partition coefficient (Wildman–Crippen LogP) is 1.35. The first kappa shape index (κ1) is 14.5. The molecule has 2 N–H and O–H groups in total. The number of benzene rings is 1. The molecule has 6 heteroatoms. The van der Waals surface area contributed by atoms with Gasteiger partial charge in [-0.25, -0.2) is 4.39 Å². The number of carboxylic acids is 1. The Labute approximate surface area is 115 Å². The Kier molecular flexibility index (Phi) is 3.76. The Bertz CT molecular complexity index is 560. The van der Waals surface area contributed by atoms with E-state index in [1.165, 1.54) is 19.1 Å². The second-order valence-corrected chi connectivity index (χ2v) is 5.22. The highest BCUT2D eigenvalue weighted by molar-refractivity contribution is 5.96. The highest BCUT2D eigenvalue weighted by Crippen LogP contribution is 2.29. The first-order chi connectivity index (χ1) is 9.34. The fraction of sp³-hybridized carbons (Fsp3) is 0.429. The predicted molar refractivity (Wildman–Crippen MR) is 69.0 cm³/mol. The lowest BCUT2D eigenvalue weighted by Gasteiger charge is -2.25. The molecule has 1 aromatic carbocycles. The van der Waals surface area contributed by atoms with Crippen LogP contribution in [0, 0.1) is 18.2 Å². The molecule has 0 saturated carbocycles. The molecule has 1 aliphatic heterocycles. The van der Waals surface area contributed by atoms with Crippen LogP contribution in [0.1, 0.15) is 22.8 Å². The summed E-state index contributed by atoms with van der Waals surface area (Å²) in [5.41, 5.74) is -0.346. The Balaban J connectivity index is 2.19. The molecule has 0 bridgehead atoms. The van der Waals surface area contributed by atoms with E-state index in [1.54, 1.807) is 6.92 Å². The third-order valence-electron chi connectivity index (χ3n) is 3.69. The van der Waals surface area contributed by atoms with Crippen LogP contribution in [0.25, 0.3) is 0 Å². The van der Waals surface area contributed by atoms with Gasteiger partial charge >= 0.3 is 5.97 Å². The molecule has 2 rings (SSSR count). The molecule has 0 radical (unpaired) electrons. The summed E-state index contributed by atoms with van der Waals surface area (Å²) in [5.74, 6) is -2.04. The number of carboxylic acid groups (broad SMARTS) is 1. The molecule has 1 heterocycles. The van der Waals surface area contributed by atoms with E-state index in [-0.39, 0.29) is 18.8 Å². The van der Waals surface area contributed by atoms with Gasteiger partial charge in [-0.15, -0.1) is 0 Å². The van der Waals surface area contributed by atoms with Gasteiger partial charge in [-0.1, -0.05) is 6.07 Å². The van der Waals surface area contributed by atoms with Crippen LogP contribution in [0.2, 0.25) is 0 Å². The zero-order valence-electron chi connectivity index (χ0n) is 11.3. The smallest absolute Gasteiger partial charge is 0.313 e. The van der Waals surface area contributed by atoms with Crippen molar-refractivity contribution in [2.45, 2.75) is 19.9 Å². The second-order valence-electron chi connectivity index (χ2n) is 5.22. The van der Waals surface area contributed by atoms with Crippen molar-refractivity contribution in [1.82, 2.24) is 5.32 Å². The van der Waals surface area contributed by atoms with E-state index in [9.17, 15) is 19.1 Å². The molecule has 0 spiro atoms. The standard InChI is InChI=1S/C14H16FNO4/c1-8-3-4-9(15)5-10(8)12(17)16-11-6-20-7-14(11,2)13(18)19/h3-5,11H,6-7H2,1-2H3,(H,16,17)(H,18,19). The highest BCUT2D eigenvalue weighted by atomic mass is 19.1. The van der Waals surface area contributed by atoms with E-state index in [1.807, 2.05) is 0 Å². The van der Waals surface area contributed by atoms with Crippen LogP contribution in [0.4, 0.5) is 4.39 Å². The topological polar surface area (TPSA) is 75.6 Å². The number of ether oxygens (including phenoxy) is 1. The number of nitrogens with one attached hydrogen (secondary N) is 1. The van der Waals surface area contributed by atoms with Gasteiger partial charge in [-0.2, -0.15) is 0 Å². The van der Waals surface area contributed by atoms with E-state index in [0.717, 1.165) is 6.07 Å². The maximum atomic E-state index is 13.2. The largest absolute Gasteiger partial charge is 0.481 e. The number of halogens is 1. The molecule has 108 valence electrons. The van der Waals surface area contributed by atoms with Crippen molar-refractivity contribution in [3.8, 4) is 0 Å². The van der Waals surface area contributed by atoms with Crippen molar-refractivity contribution in [2.75, 3.05) is 13.2 Å². The minimum Gasteiger partial charge on any atom is -0.481 e. The van der Waals surface area contributed by atoms with E-state index in [0.29, 0.717) is 5.56 Å². The van der Waals surface area contributed by atoms with Gasteiger partial charge in [0.1, 0.15) is 11.2 Å². The maximum absolute atomic E-state index is 13.2. The zero-order valence-corrected chi connectivity index (χ0v) is 11.3. The molecule has 1 amide bonds. The molecular formula is C14H16FNO4. The third kappa shape index (κ3) is 2.51. The Morgan fingerprint density at radius 2 is 2.20 bits per heavy atom. The molecule has 20 heavy (non-hydrogen) atoms.